The minimum absolute atomic E-state index is 0.139. The van der Waals surface area contributed by atoms with E-state index in [2.05, 4.69) is 5.32 Å². The van der Waals surface area contributed by atoms with Crippen LogP contribution in [0.15, 0.2) is 30.3 Å². The Morgan fingerprint density at radius 2 is 1.70 bits per heavy atom. The van der Waals surface area contributed by atoms with E-state index in [1.165, 1.54) is 12.1 Å². The van der Waals surface area contributed by atoms with E-state index in [1.54, 1.807) is 0 Å². The maximum Gasteiger partial charge on any atom is 0.259 e. The number of aromatic hydroxyl groups is 1. The normalized spacial score (nSPS) is 10.4. The van der Waals surface area contributed by atoms with E-state index in [9.17, 15) is 23.1 Å². The van der Waals surface area contributed by atoms with Crippen molar-refractivity contribution in [1.82, 2.24) is 0 Å². The fourth-order valence-electron chi connectivity index (χ4n) is 1.52. The summed E-state index contributed by atoms with van der Waals surface area (Å²) in [7, 11) is 0. The molecule has 0 aliphatic rings. The summed E-state index contributed by atoms with van der Waals surface area (Å²) >= 11 is 5.61. The molecule has 0 aliphatic heterocycles. The van der Waals surface area contributed by atoms with Crippen molar-refractivity contribution >= 4 is 23.2 Å². The fourth-order valence-corrected chi connectivity index (χ4v) is 1.69. The summed E-state index contributed by atoms with van der Waals surface area (Å²) in [5.74, 6) is -5.69. The first-order chi connectivity index (χ1) is 9.38. The molecule has 7 heteroatoms. The standard InChI is InChI=1S/C13H7ClF3NO2/c14-6-1-2-8(11(19)3-6)13(20)18-7-4-9(15)12(17)10(16)5-7/h1-5,19H,(H,18,20). The molecule has 3 nitrogen and oxygen atoms in total. The lowest BCUT2D eigenvalue weighted by molar-refractivity contribution is 0.102. The number of phenols is 1. The van der Waals surface area contributed by atoms with Crippen molar-refractivity contribution < 1.29 is 23.1 Å². The van der Waals surface area contributed by atoms with Crippen molar-refractivity contribution in [2.75, 3.05) is 5.32 Å². The van der Waals surface area contributed by atoms with Gasteiger partial charge in [-0.25, -0.2) is 13.2 Å². The molecule has 0 spiro atoms. The number of anilines is 1. The van der Waals surface area contributed by atoms with Crippen molar-refractivity contribution in [2.24, 2.45) is 0 Å². The molecule has 2 rings (SSSR count). The van der Waals surface area contributed by atoms with Gasteiger partial charge in [0.25, 0.3) is 5.91 Å². The van der Waals surface area contributed by atoms with Crippen LogP contribution in [0.1, 0.15) is 10.4 Å². The van der Waals surface area contributed by atoms with Gasteiger partial charge in [0.05, 0.1) is 5.56 Å². The highest BCUT2D eigenvalue weighted by Crippen LogP contribution is 2.24. The van der Waals surface area contributed by atoms with Crippen LogP contribution in [0.2, 0.25) is 5.02 Å². The predicted octanol–water partition coefficient (Wildman–Crippen LogP) is 3.72. The number of carbonyl (C=O) groups is 1. The number of hydrogen-bond acceptors (Lipinski definition) is 2. The number of carbonyl (C=O) groups excluding carboxylic acids is 1. The lowest BCUT2D eigenvalue weighted by Gasteiger charge is -2.08. The minimum Gasteiger partial charge on any atom is -0.507 e. The second-order valence-electron chi connectivity index (χ2n) is 3.87. The van der Waals surface area contributed by atoms with Gasteiger partial charge < -0.3 is 10.4 Å². The number of nitrogens with one attached hydrogen (secondary N) is 1. The monoisotopic (exact) mass is 301 g/mol. The summed E-state index contributed by atoms with van der Waals surface area (Å²) in [5, 5.41) is 11.9. The van der Waals surface area contributed by atoms with Crippen LogP contribution in [0.5, 0.6) is 5.75 Å². The number of benzene rings is 2. The highest BCUT2D eigenvalue weighted by Gasteiger charge is 2.15. The molecule has 1 amide bonds. The van der Waals surface area contributed by atoms with E-state index in [0.29, 0.717) is 12.1 Å². The molecule has 0 aromatic heterocycles. The summed E-state index contributed by atoms with van der Waals surface area (Å²) in [5.41, 5.74) is -0.416. The van der Waals surface area contributed by atoms with E-state index in [0.717, 1.165) is 6.07 Å². The van der Waals surface area contributed by atoms with E-state index < -0.39 is 29.1 Å². The van der Waals surface area contributed by atoms with Crippen LogP contribution in [-0.4, -0.2) is 11.0 Å². The SMILES string of the molecule is O=C(Nc1cc(F)c(F)c(F)c1)c1ccc(Cl)cc1O. The largest absolute Gasteiger partial charge is 0.507 e. The van der Waals surface area contributed by atoms with Crippen molar-refractivity contribution in [3.63, 3.8) is 0 Å². The zero-order valence-corrected chi connectivity index (χ0v) is 10.5. The molecule has 0 radical (unpaired) electrons. The lowest BCUT2D eigenvalue weighted by atomic mass is 10.2. The smallest absolute Gasteiger partial charge is 0.259 e. The first-order valence-corrected chi connectivity index (χ1v) is 5.70. The van der Waals surface area contributed by atoms with Crippen LogP contribution in [0, 0.1) is 17.5 Å². The minimum atomic E-state index is -1.63. The summed E-state index contributed by atoms with van der Waals surface area (Å²) in [6.45, 7) is 0. The Balaban J connectivity index is 2.28. The van der Waals surface area contributed by atoms with Crippen molar-refractivity contribution in [3.8, 4) is 5.75 Å². The molecule has 104 valence electrons. The highest BCUT2D eigenvalue weighted by molar-refractivity contribution is 6.30. The molecule has 2 N–H and O–H groups in total. The molecule has 0 fully saturated rings. The van der Waals surface area contributed by atoms with Gasteiger partial charge in [-0.15, -0.1) is 0 Å². The van der Waals surface area contributed by atoms with Crippen LogP contribution in [0.25, 0.3) is 0 Å². The number of amides is 1. The van der Waals surface area contributed by atoms with Gasteiger partial charge in [0.2, 0.25) is 0 Å². The third-order valence-electron chi connectivity index (χ3n) is 2.45. The Bertz CT molecular complexity index is 668. The number of halogens is 4. The Hall–Kier alpha value is -2.21. The Labute approximate surface area is 116 Å². The third kappa shape index (κ3) is 2.85. The molecular formula is C13H7ClF3NO2. The second-order valence-corrected chi connectivity index (χ2v) is 4.31. The molecule has 0 bridgehead atoms. The quantitative estimate of drug-likeness (QED) is 0.831. The average Bonchev–Trinajstić information content (AvgIpc) is 2.35. The van der Waals surface area contributed by atoms with Gasteiger partial charge in [-0.2, -0.15) is 0 Å². The zero-order valence-electron chi connectivity index (χ0n) is 9.75. The van der Waals surface area contributed by atoms with Gasteiger partial charge in [-0.05, 0) is 18.2 Å². The molecule has 2 aromatic rings. The van der Waals surface area contributed by atoms with Crippen LogP contribution in [0.4, 0.5) is 18.9 Å². The molecule has 0 aliphatic carbocycles. The van der Waals surface area contributed by atoms with Crippen molar-refractivity contribution in [3.05, 3.63) is 58.4 Å². The van der Waals surface area contributed by atoms with Crippen molar-refractivity contribution in [1.29, 1.82) is 0 Å². The first-order valence-electron chi connectivity index (χ1n) is 5.33. The number of hydrogen-bond donors (Lipinski definition) is 2. The van der Waals surface area contributed by atoms with Crippen LogP contribution in [0.3, 0.4) is 0 Å². The molecule has 0 atom stereocenters. The number of phenolic OH excluding ortho intramolecular Hbond substituents is 1. The van der Waals surface area contributed by atoms with E-state index in [1.807, 2.05) is 0 Å². The van der Waals surface area contributed by atoms with Crippen LogP contribution in [-0.2, 0) is 0 Å². The second kappa shape index (κ2) is 5.42. The van der Waals surface area contributed by atoms with Gasteiger partial charge in [0.15, 0.2) is 17.5 Å². The van der Waals surface area contributed by atoms with Gasteiger partial charge in [0, 0.05) is 22.8 Å². The molecule has 0 unspecified atom stereocenters. The van der Waals surface area contributed by atoms with Gasteiger partial charge in [-0.1, -0.05) is 11.6 Å². The van der Waals surface area contributed by atoms with Gasteiger partial charge in [-0.3, -0.25) is 4.79 Å². The molecule has 0 heterocycles. The third-order valence-corrected chi connectivity index (χ3v) is 2.68. The summed E-state index contributed by atoms with van der Waals surface area (Å²) in [6.07, 6.45) is 0. The molecular weight excluding hydrogens is 295 g/mol. The molecule has 0 saturated heterocycles. The van der Waals surface area contributed by atoms with E-state index >= 15 is 0 Å². The topological polar surface area (TPSA) is 49.3 Å². The molecule has 2 aromatic carbocycles. The summed E-state index contributed by atoms with van der Waals surface area (Å²) < 4.78 is 38.7. The van der Waals surface area contributed by atoms with Crippen molar-refractivity contribution in [2.45, 2.75) is 0 Å². The van der Waals surface area contributed by atoms with E-state index in [4.69, 9.17) is 11.6 Å². The average molecular weight is 302 g/mol. The Morgan fingerprint density at radius 3 is 2.25 bits per heavy atom. The maximum absolute atomic E-state index is 13.0. The van der Waals surface area contributed by atoms with Gasteiger partial charge in [0.1, 0.15) is 5.75 Å². The van der Waals surface area contributed by atoms with Gasteiger partial charge >= 0.3 is 0 Å². The Morgan fingerprint density at radius 1 is 1.10 bits per heavy atom. The summed E-state index contributed by atoms with van der Waals surface area (Å²) in [6, 6.07) is 5.00. The van der Waals surface area contributed by atoms with Crippen LogP contribution < -0.4 is 5.32 Å². The first kappa shape index (κ1) is 14.2. The number of rotatable bonds is 2. The molecule has 0 saturated carbocycles. The lowest BCUT2D eigenvalue weighted by Crippen LogP contribution is -2.12. The highest BCUT2D eigenvalue weighted by atomic mass is 35.5. The predicted molar refractivity (Wildman–Crippen MR) is 67.4 cm³/mol. The van der Waals surface area contributed by atoms with Crippen LogP contribution >= 0.6 is 11.6 Å². The Kier molecular flexibility index (Phi) is 3.85. The molecule has 20 heavy (non-hydrogen) atoms. The summed E-state index contributed by atoms with van der Waals surface area (Å²) in [4.78, 5) is 11.8. The fraction of sp³-hybridized carbons (Fsp3) is 0. The zero-order chi connectivity index (χ0) is 14.9. The van der Waals surface area contributed by atoms with E-state index in [-0.39, 0.29) is 16.3 Å². The maximum atomic E-state index is 13.0.